The summed E-state index contributed by atoms with van der Waals surface area (Å²) in [5.74, 6) is -1.05. The number of carboxylic acid groups (broad SMARTS) is 1. The predicted molar refractivity (Wildman–Crippen MR) is 67.3 cm³/mol. The Balaban J connectivity index is 2.47. The molecule has 3 nitrogen and oxygen atoms in total. The normalized spacial score (nSPS) is 10.8. The van der Waals surface area contributed by atoms with Gasteiger partial charge >= 0.3 is 5.97 Å². The van der Waals surface area contributed by atoms with Gasteiger partial charge in [0.15, 0.2) is 0 Å². The van der Waals surface area contributed by atoms with Crippen LogP contribution in [0, 0.1) is 5.82 Å². The summed E-state index contributed by atoms with van der Waals surface area (Å²) in [7, 11) is 1.89. The van der Waals surface area contributed by atoms with Crippen molar-refractivity contribution in [3.8, 4) is 0 Å². The van der Waals surface area contributed by atoms with Gasteiger partial charge in [0.1, 0.15) is 5.82 Å². The van der Waals surface area contributed by atoms with Crippen LogP contribution < -0.4 is 0 Å². The van der Waals surface area contributed by atoms with Crippen LogP contribution >= 0.6 is 15.9 Å². The van der Waals surface area contributed by atoms with Crippen molar-refractivity contribution in [2.24, 2.45) is 0 Å². The maximum Gasteiger partial charge on any atom is 0.303 e. The van der Waals surface area contributed by atoms with Crippen LogP contribution in [-0.4, -0.2) is 29.6 Å². The number of carbonyl (C=O) groups is 1. The van der Waals surface area contributed by atoms with Crippen molar-refractivity contribution in [3.05, 3.63) is 34.1 Å². The summed E-state index contributed by atoms with van der Waals surface area (Å²) < 4.78 is 13.9. The molecular weight excluding hydrogens is 289 g/mol. The summed E-state index contributed by atoms with van der Waals surface area (Å²) in [6, 6.07) is 4.56. The SMILES string of the molecule is CN(CCCC(=O)O)Cc1cc(F)ccc1Br. The van der Waals surface area contributed by atoms with E-state index in [0.717, 1.165) is 10.0 Å². The molecule has 1 aromatic carbocycles. The third-order valence-corrected chi connectivity index (χ3v) is 3.15. The molecule has 5 heteroatoms. The molecule has 0 radical (unpaired) electrons. The zero-order valence-electron chi connectivity index (χ0n) is 9.62. The number of rotatable bonds is 6. The zero-order valence-corrected chi connectivity index (χ0v) is 11.2. The van der Waals surface area contributed by atoms with E-state index in [-0.39, 0.29) is 12.2 Å². The molecule has 0 aliphatic heterocycles. The van der Waals surface area contributed by atoms with Gasteiger partial charge in [-0.3, -0.25) is 4.79 Å². The smallest absolute Gasteiger partial charge is 0.303 e. The standard InChI is InChI=1S/C12H15BrFNO2/c1-15(6-2-3-12(16)17)8-9-7-10(14)4-5-11(9)13/h4-5,7H,2-3,6,8H2,1H3,(H,16,17). The van der Waals surface area contributed by atoms with Crippen molar-refractivity contribution in [3.63, 3.8) is 0 Å². The van der Waals surface area contributed by atoms with Crippen molar-refractivity contribution >= 4 is 21.9 Å². The lowest BCUT2D eigenvalue weighted by atomic mass is 10.2. The second kappa shape index (κ2) is 6.71. The van der Waals surface area contributed by atoms with E-state index in [1.54, 1.807) is 6.07 Å². The number of halogens is 2. The molecular formula is C12H15BrFNO2. The highest BCUT2D eigenvalue weighted by Gasteiger charge is 2.06. The first kappa shape index (κ1) is 14.1. The van der Waals surface area contributed by atoms with Crippen LogP contribution in [0.15, 0.2) is 22.7 Å². The molecule has 94 valence electrons. The Morgan fingerprint density at radius 1 is 1.53 bits per heavy atom. The van der Waals surface area contributed by atoms with E-state index in [4.69, 9.17) is 5.11 Å². The van der Waals surface area contributed by atoms with Gasteiger partial charge in [0, 0.05) is 17.4 Å². The maximum absolute atomic E-state index is 13.0. The number of aliphatic carboxylic acids is 1. The first-order chi connectivity index (χ1) is 7.99. The van der Waals surface area contributed by atoms with Crippen LogP contribution in [0.3, 0.4) is 0 Å². The molecule has 0 amide bonds. The Morgan fingerprint density at radius 2 is 2.24 bits per heavy atom. The van der Waals surface area contributed by atoms with Crippen molar-refractivity contribution < 1.29 is 14.3 Å². The highest BCUT2D eigenvalue weighted by molar-refractivity contribution is 9.10. The molecule has 0 saturated carbocycles. The lowest BCUT2D eigenvalue weighted by Crippen LogP contribution is -2.20. The molecule has 0 bridgehead atoms. The molecule has 0 aliphatic rings. The van der Waals surface area contributed by atoms with Crippen molar-refractivity contribution in [1.29, 1.82) is 0 Å². The largest absolute Gasteiger partial charge is 0.481 e. The third-order valence-electron chi connectivity index (χ3n) is 2.38. The van der Waals surface area contributed by atoms with E-state index in [2.05, 4.69) is 15.9 Å². The minimum absolute atomic E-state index is 0.161. The van der Waals surface area contributed by atoms with Gasteiger partial charge < -0.3 is 10.0 Å². The second-order valence-corrected chi connectivity index (χ2v) is 4.83. The lowest BCUT2D eigenvalue weighted by Gasteiger charge is -2.17. The van der Waals surface area contributed by atoms with Gasteiger partial charge in [0.05, 0.1) is 0 Å². The Bertz CT molecular complexity index is 398. The zero-order chi connectivity index (χ0) is 12.8. The monoisotopic (exact) mass is 303 g/mol. The predicted octanol–water partition coefficient (Wildman–Crippen LogP) is 2.88. The molecule has 0 unspecified atom stereocenters. The quantitative estimate of drug-likeness (QED) is 0.878. The summed E-state index contributed by atoms with van der Waals surface area (Å²) in [4.78, 5) is 12.3. The molecule has 0 heterocycles. The fourth-order valence-corrected chi connectivity index (χ4v) is 1.91. The topological polar surface area (TPSA) is 40.5 Å². The highest BCUT2D eigenvalue weighted by atomic mass is 79.9. The third kappa shape index (κ3) is 5.28. The van der Waals surface area contributed by atoms with E-state index in [9.17, 15) is 9.18 Å². The van der Waals surface area contributed by atoms with Crippen LogP contribution in [0.5, 0.6) is 0 Å². The van der Waals surface area contributed by atoms with Gasteiger partial charge in [-0.2, -0.15) is 0 Å². The van der Waals surface area contributed by atoms with E-state index in [1.807, 2.05) is 11.9 Å². The molecule has 0 aliphatic carbocycles. The molecule has 0 aromatic heterocycles. The average Bonchev–Trinajstić information content (AvgIpc) is 2.23. The van der Waals surface area contributed by atoms with Crippen LogP contribution in [0.1, 0.15) is 18.4 Å². The van der Waals surface area contributed by atoms with Crippen LogP contribution in [0.2, 0.25) is 0 Å². The average molecular weight is 304 g/mol. The number of nitrogens with zero attached hydrogens (tertiary/aromatic N) is 1. The number of hydrogen-bond acceptors (Lipinski definition) is 2. The molecule has 0 spiro atoms. The highest BCUT2D eigenvalue weighted by Crippen LogP contribution is 2.19. The van der Waals surface area contributed by atoms with Gasteiger partial charge in [-0.15, -0.1) is 0 Å². The summed E-state index contributed by atoms with van der Waals surface area (Å²) in [6.07, 6.45) is 0.757. The molecule has 1 aromatic rings. The van der Waals surface area contributed by atoms with E-state index >= 15 is 0 Å². The first-order valence-corrected chi connectivity index (χ1v) is 6.12. The van der Waals surface area contributed by atoms with E-state index in [0.29, 0.717) is 19.5 Å². The number of hydrogen-bond donors (Lipinski definition) is 1. The Hall–Kier alpha value is -0.940. The first-order valence-electron chi connectivity index (χ1n) is 5.33. The number of carboxylic acids is 1. The molecule has 0 atom stereocenters. The molecule has 0 saturated heterocycles. The van der Waals surface area contributed by atoms with Gasteiger partial charge in [0.2, 0.25) is 0 Å². The Morgan fingerprint density at radius 3 is 2.88 bits per heavy atom. The van der Waals surface area contributed by atoms with Crippen LogP contribution in [0.25, 0.3) is 0 Å². The van der Waals surface area contributed by atoms with E-state index < -0.39 is 5.97 Å². The Labute approximate surface area is 108 Å². The van der Waals surface area contributed by atoms with E-state index in [1.165, 1.54) is 12.1 Å². The molecule has 1 rings (SSSR count). The fraction of sp³-hybridized carbons (Fsp3) is 0.417. The van der Waals surface area contributed by atoms with Crippen molar-refractivity contribution in [2.45, 2.75) is 19.4 Å². The van der Waals surface area contributed by atoms with Crippen LogP contribution in [0.4, 0.5) is 4.39 Å². The minimum Gasteiger partial charge on any atom is -0.481 e. The van der Waals surface area contributed by atoms with Crippen LogP contribution in [-0.2, 0) is 11.3 Å². The lowest BCUT2D eigenvalue weighted by molar-refractivity contribution is -0.137. The van der Waals surface area contributed by atoms with Gasteiger partial charge in [0.25, 0.3) is 0 Å². The summed E-state index contributed by atoms with van der Waals surface area (Å²) in [6.45, 7) is 1.27. The Kier molecular flexibility index (Phi) is 5.58. The van der Waals surface area contributed by atoms with Crippen molar-refractivity contribution in [2.75, 3.05) is 13.6 Å². The van der Waals surface area contributed by atoms with Gasteiger partial charge in [-0.1, -0.05) is 15.9 Å². The fourth-order valence-electron chi connectivity index (χ4n) is 1.53. The maximum atomic E-state index is 13.0. The minimum atomic E-state index is -0.787. The van der Waals surface area contributed by atoms with Gasteiger partial charge in [-0.25, -0.2) is 4.39 Å². The van der Waals surface area contributed by atoms with Crippen molar-refractivity contribution in [1.82, 2.24) is 4.90 Å². The molecule has 17 heavy (non-hydrogen) atoms. The summed E-state index contributed by atoms with van der Waals surface area (Å²) in [5.41, 5.74) is 0.864. The second-order valence-electron chi connectivity index (χ2n) is 3.97. The molecule has 1 N–H and O–H groups in total. The summed E-state index contributed by atoms with van der Waals surface area (Å²) in [5, 5.41) is 8.52. The molecule has 0 fully saturated rings. The van der Waals surface area contributed by atoms with Gasteiger partial charge in [-0.05, 0) is 43.8 Å². The number of benzene rings is 1. The summed E-state index contributed by atoms with van der Waals surface area (Å²) >= 11 is 3.36.